The maximum absolute atomic E-state index is 12.2. The highest BCUT2D eigenvalue weighted by atomic mass is 16.3. The number of likely N-dealkylation sites (tertiary alicyclic amines) is 1. The number of nitrogens with zero attached hydrogens (tertiary/aromatic N) is 1. The lowest BCUT2D eigenvalue weighted by atomic mass is 9.95. The molecule has 1 fully saturated rings. The van der Waals surface area contributed by atoms with Gasteiger partial charge >= 0.3 is 0 Å². The summed E-state index contributed by atoms with van der Waals surface area (Å²) in [6.07, 6.45) is 2.70. The van der Waals surface area contributed by atoms with Gasteiger partial charge in [-0.1, -0.05) is 27.7 Å². The summed E-state index contributed by atoms with van der Waals surface area (Å²) in [4.78, 5) is 26.3. The van der Waals surface area contributed by atoms with Gasteiger partial charge in [0.1, 0.15) is 0 Å². The predicted octanol–water partition coefficient (Wildman–Crippen LogP) is 1.79. The van der Waals surface area contributed by atoms with Gasteiger partial charge in [0.25, 0.3) is 0 Å². The topological polar surface area (TPSA) is 69.6 Å². The fourth-order valence-electron chi connectivity index (χ4n) is 2.87. The lowest BCUT2D eigenvalue weighted by Crippen LogP contribution is -2.47. The number of piperidine rings is 1. The maximum Gasteiger partial charge on any atom is 0.225 e. The molecule has 0 aromatic rings. The van der Waals surface area contributed by atoms with E-state index in [-0.39, 0.29) is 23.7 Å². The summed E-state index contributed by atoms with van der Waals surface area (Å²) in [6.45, 7) is 9.60. The van der Waals surface area contributed by atoms with Crippen LogP contribution in [0.5, 0.6) is 0 Å². The molecule has 1 heterocycles. The Hall–Kier alpha value is -1.10. The highest BCUT2D eigenvalue weighted by Gasteiger charge is 2.29. The summed E-state index contributed by atoms with van der Waals surface area (Å²) < 4.78 is 0. The second-order valence-corrected chi connectivity index (χ2v) is 6.96. The van der Waals surface area contributed by atoms with E-state index in [0.29, 0.717) is 25.4 Å². The first kappa shape index (κ1) is 18.9. The van der Waals surface area contributed by atoms with Gasteiger partial charge < -0.3 is 15.3 Å². The normalized spacial score (nSPS) is 21.5. The van der Waals surface area contributed by atoms with E-state index in [0.717, 1.165) is 25.8 Å². The molecule has 2 amide bonds. The molecule has 5 heteroatoms. The molecular weight excluding hydrogens is 280 g/mol. The van der Waals surface area contributed by atoms with Crippen LogP contribution >= 0.6 is 0 Å². The van der Waals surface area contributed by atoms with Crippen molar-refractivity contribution < 1.29 is 14.7 Å². The Morgan fingerprint density at radius 1 is 1.32 bits per heavy atom. The van der Waals surface area contributed by atoms with Crippen molar-refractivity contribution in [2.45, 2.75) is 59.5 Å². The summed E-state index contributed by atoms with van der Waals surface area (Å²) in [6, 6.07) is 0. The van der Waals surface area contributed by atoms with Crippen LogP contribution in [0.2, 0.25) is 0 Å². The highest BCUT2D eigenvalue weighted by Crippen LogP contribution is 2.19. The predicted molar refractivity (Wildman–Crippen MR) is 87.2 cm³/mol. The van der Waals surface area contributed by atoms with E-state index in [4.69, 9.17) is 0 Å². The smallest absolute Gasteiger partial charge is 0.225 e. The molecule has 1 aliphatic heterocycles. The van der Waals surface area contributed by atoms with Crippen LogP contribution < -0.4 is 5.32 Å². The Balaban J connectivity index is 2.44. The zero-order valence-corrected chi connectivity index (χ0v) is 14.5. The average molecular weight is 312 g/mol. The molecule has 0 spiro atoms. The lowest BCUT2D eigenvalue weighted by molar-refractivity contribution is -0.139. The third kappa shape index (κ3) is 5.95. The fourth-order valence-corrected chi connectivity index (χ4v) is 2.87. The number of carbonyl (C=O) groups is 2. The van der Waals surface area contributed by atoms with Crippen molar-refractivity contribution in [3.63, 3.8) is 0 Å². The number of nitrogens with one attached hydrogen (secondary N) is 1. The van der Waals surface area contributed by atoms with E-state index in [9.17, 15) is 14.7 Å². The van der Waals surface area contributed by atoms with Crippen molar-refractivity contribution in [2.24, 2.45) is 17.8 Å². The molecule has 1 rings (SSSR count). The van der Waals surface area contributed by atoms with Crippen LogP contribution in [0.4, 0.5) is 0 Å². The Bertz CT molecular complexity index is 371. The van der Waals surface area contributed by atoms with Gasteiger partial charge in [-0.3, -0.25) is 9.59 Å². The molecule has 0 aliphatic carbocycles. The van der Waals surface area contributed by atoms with Crippen molar-refractivity contribution in [1.29, 1.82) is 0 Å². The van der Waals surface area contributed by atoms with E-state index in [1.54, 1.807) is 0 Å². The van der Waals surface area contributed by atoms with Crippen LogP contribution in [0.1, 0.15) is 53.4 Å². The minimum Gasteiger partial charge on any atom is -0.391 e. The minimum absolute atomic E-state index is 0.0228. The second kappa shape index (κ2) is 9.13. The second-order valence-electron chi connectivity index (χ2n) is 6.96. The van der Waals surface area contributed by atoms with Crippen LogP contribution in [0.3, 0.4) is 0 Å². The molecule has 3 unspecified atom stereocenters. The van der Waals surface area contributed by atoms with Crippen molar-refractivity contribution in [3.8, 4) is 0 Å². The molecule has 0 saturated carbocycles. The molecule has 2 N–H and O–H groups in total. The number of amides is 2. The molecule has 1 aliphatic rings. The lowest BCUT2D eigenvalue weighted by Gasteiger charge is -2.33. The third-order valence-corrected chi connectivity index (χ3v) is 4.39. The fraction of sp³-hybridized carbons (Fsp3) is 0.882. The quantitative estimate of drug-likeness (QED) is 0.753. The van der Waals surface area contributed by atoms with Crippen LogP contribution in [0.15, 0.2) is 0 Å². The zero-order valence-electron chi connectivity index (χ0n) is 14.5. The van der Waals surface area contributed by atoms with Crippen LogP contribution in [0.25, 0.3) is 0 Å². The zero-order chi connectivity index (χ0) is 16.7. The molecule has 0 aromatic heterocycles. The SMILES string of the molecule is CCC(C)C(=O)N1CCCC(C(=O)NCC(O)CC(C)C)C1. The van der Waals surface area contributed by atoms with Crippen LogP contribution in [-0.4, -0.2) is 47.6 Å². The first-order valence-electron chi connectivity index (χ1n) is 8.59. The van der Waals surface area contributed by atoms with E-state index < -0.39 is 6.10 Å². The summed E-state index contributed by atoms with van der Waals surface area (Å²) in [5.74, 6) is 0.400. The molecule has 5 nitrogen and oxygen atoms in total. The summed E-state index contributed by atoms with van der Waals surface area (Å²) in [5.41, 5.74) is 0. The molecule has 0 bridgehead atoms. The van der Waals surface area contributed by atoms with Gasteiger partial charge in [0.05, 0.1) is 12.0 Å². The molecule has 22 heavy (non-hydrogen) atoms. The van der Waals surface area contributed by atoms with E-state index in [1.807, 2.05) is 32.6 Å². The van der Waals surface area contributed by atoms with Gasteiger partial charge in [-0.05, 0) is 31.6 Å². The molecule has 3 atom stereocenters. The Labute approximate surface area is 134 Å². The van der Waals surface area contributed by atoms with Crippen molar-refractivity contribution in [3.05, 3.63) is 0 Å². The summed E-state index contributed by atoms with van der Waals surface area (Å²) >= 11 is 0. The average Bonchev–Trinajstić information content (AvgIpc) is 2.50. The first-order chi connectivity index (χ1) is 10.3. The Morgan fingerprint density at radius 2 is 2.00 bits per heavy atom. The number of hydrogen-bond acceptors (Lipinski definition) is 3. The van der Waals surface area contributed by atoms with Gasteiger partial charge in [-0.25, -0.2) is 0 Å². The van der Waals surface area contributed by atoms with Gasteiger partial charge in [0, 0.05) is 25.6 Å². The minimum atomic E-state index is -0.495. The van der Waals surface area contributed by atoms with Crippen LogP contribution in [0, 0.1) is 17.8 Å². The van der Waals surface area contributed by atoms with Crippen molar-refractivity contribution in [1.82, 2.24) is 10.2 Å². The molecular formula is C17H32N2O3. The maximum atomic E-state index is 12.2. The van der Waals surface area contributed by atoms with E-state index in [1.165, 1.54) is 0 Å². The molecule has 1 saturated heterocycles. The monoisotopic (exact) mass is 312 g/mol. The Kier molecular flexibility index (Phi) is 7.87. The molecule has 128 valence electrons. The van der Waals surface area contributed by atoms with Gasteiger partial charge in [-0.2, -0.15) is 0 Å². The highest BCUT2D eigenvalue weighted by molar-refractivity contribution is 5.82. The summed E-state index contributed by atoms with van der Waals surface area (Å²) in [5, 5.41) is 12.7. The van der Waals surface area contributed by atoms with Crippen molar-refractivity contribution in [2.75, 3.05) is 19.6 Å². The molecule has 0 aromatic carbocycles. The largest absolute Gasteiger partial charge is 0.391 e. The Morgan fingerprint density at radius 3 is 2.59 bits per heavy atom. The first-order valence-corrected chi connectivity index (χ1v) is 8.59. The standard InChI is InChI=1S/C17H32N2O3/c1-5-13(4)17(22)19-8-6-7-14(11-19)16(21)18-10-15(20)9-12(2)3/h12-15,20H,5-11H2,1-4H3,(H,18,21). The number of hydrogen-bond donors (Lipinski definition) is 2. The van der Waals surface area contributed by atoms with E-state index in [2.05, 4.69) is 5.32 Å². The van der Waals surface area contributed by atoms with Gasteiger partial charge in [0.2, 0.25) is 11.8 Å². The molecule has 0 radical (unpaired) electrons. The number of aliphatic hydroxyl groups is 1. The number of rotatable bonds is 7. The third-order valence-electron chi connectivity index (χ3n) is 4.39. The van der Waals surface area contributed by atoms with E-state index >= 15 is 0 Å². The van der Waals surface area contributed by atoms with Crippen molar-refractivity contribution >= 4 is 11.8 Å². The summed E-state index contributed by atoms with van der Waals surface area (Å²) in [7, 11) is 0. The van der Waals surface area contributed by atoms with Gasteiger partial charge in [-0.15, -0.1) is 0 Å². The number of aliphatic hydroxyl groups excluding tert-OH is 1. The van der Waals surface area contributed by atoms with Gasteiger partial charge in [0.15, 0.2) is 0 Å². The van der Waals surface area contributed by atoms with Crippen LogP contribution in [-0.2, 0) is 9.59 Å². The number of carbonyl (C=O) groups excluding carboxylic acids is 2.